The van der Waals surface area contributed by atoms with Gasteiger partial charge in [0.05, 0.1) is 11.5 Å². The summed E-state index contributed by atoms with van der Waals surface area (Å²) in [5.41, 5.74) is 1.17. The maximum atomic E-state index is 12.4. The first-order valence-electron chi connectivity index (χ1n) is 5.96. The number of thiophene rings is 1. The first-order valence-corrected chi connectivity index (χ1v) is 9.91. The van der Waals surface area contributed by atoms with Crippen LogP contribution in [0.2, 0.25) is 0 Å². The highest BCUT2D eigenvalue weighted by atomic mass is 79.9. The second kappa shape index (κ2) is 6.89. The fraction of sp³-hybridized carbons (Fsp3) is 0.231. The van der Waals surface area contributed by atoms with Crippen LogP contribution in [0.1, 0.15) is 16.0 Å². The molecule has 0 aliphatic heterocycles. The highest BCUT2D eigenvalue weighted by Gasteiger charge is 2.19. The summed E-state index contributed by atoms with van der Waals surface area (Å²) in [6.07, 6.45) is 0. The molecular weight excluding hydrogens is 442 g/mol. The quantitative estimate of drug-likeness (QED) is 0.725. The number of halogens is 2. The van der Waals surface area contributed by atoms with Crippen molar-refractivity contribution < 1.29 is 13.5 Å². The Hall–Kier alpha value is -0.250. The molecule has 4 nitrogen and oxygen atoms in total. The minimum Gasteiger partial charge on any atom is -0.392 e. The lowest BCUT2D eigenvalue weighted by atomic mass is 10.2. The van der Waals surface area contributed by atoms with Crippen molar-refractivity contribution in [2.24, 2.45) is 0 Å². The average Bonchev–Trinajstić information content (AvgIpc) is 2.85. The summed E-state index contributed by atoms with van der Waals surface area (Å²) in [6, 6.07) is 5.08. The molecule has 0 saturated heterocycles. The Morgan fingerprint density at radius 3 is 2.57 bits per heavy atom. The van der Waals surface area contributed by atoms with Gasteiger partial charge < -0.3 is 5.11 Å². The van der Waals surface area contributed by atoms with Gasteiger partial charge >= 0.3 is 0 Å². The summed E-state index contributed by atoms with van der Waals surface area (Å²) in [7, 11) is -3.63. The molecule has 0 saturated carbocycles. The van der Waals surface area contributed by atoms with Gasteiger partial charge in [-0.3, -0.25) is 0 Å². The molecule has 0 amide bonds. The van der Waals surface area contributed by atoms with Crippen LogP contribution in [0.15, 0.2) is 37.4 Å². The third-order valence-corrected chi connectivity index (χ3v) is 6.94. The van der Waals surface area contributed by atoms with Crippen LogP contribution in [0.5, 0.6) is 0 Å². The van der Waals surface area contributed by atoms with E-state index in [4.69, 9.17) is 0 Å². The minimum absolute atomic E-state index is 0.177. The molecule has 0 fully saturated rings. The van der Waals surface area contributed by atoms with Gasteiger partial charge in [-0.05, 0) is 52.2 Å². The Balaban J connectivity index is 2.29. The van der Waals surface area contributed by atoms with Gasteiger partial charge in [0.25, 0.3) is 0 Å². The Bertz CT molecular complexity index is 757. The lowest BCUT2D eigenvalue weighted by Gasteiger charge is -2.12. The van der Waals surface area contributed by atoms with Crippen LogP contribution in [-0.4, -0.2) is 13.5 Å². The number of aliphatic hydroxyl groups excluding tert-OH is 1. The SMILES string of the molecule is Cc1c(Br)cc(CO)cc1S(=O)(=O)NCc1cc(Br)cs1. The summed E-state index contributed by atoms with van der Waals surface area (Å²) in [5, 5.41) is 11.1. The second-order valence-electron chi connectivity index (χ2n) is 4.41. The zero-order valence-electron chi connectivity index (χ0n) is 11.1. The van der Waals surface area contributed by atoms with Crippen molar-refractivity contribution in [3.05, 3.63) is 48.5 Å². The summed E-state index contributed by atoms with van der Waals surface area (Å²) >= 11 is 8.14. The van der Waals surface area contributed by atoms with E-state index in [0.29, 0.717) is 15.6 Å². The summed E-state index contributed by atoms with van der Waals surface area (Å²) in [4.78, 5) is 1.09. The zero-order chi connectivity index (χ0) is 15.6. The largest absolute Gasteiger partial charge is 0.392 e. The van der Waals surface area contributed by atoms with E-state index in [9.17, 15) is 13.5 Å². The van der Waals surface area contributed by atoms with Crippen molar-refractivity contribution in [2.45, 2.75) is 25.0 Å². The fourth-order valence-corrected chi connectivity index (χ4v) is 5.21. The molecule has 0 spiro atoms. The number of hydrogen-bond acceptors (Lipinski definition) is 4. The highest BCUT2D eigenvalue weighted by molar-refractivity contribution is 9.10. The minimum atomic E-state index is -3.63. The molecule has 0 unspecified atom stereocenters. The maximum absolute atomic E-state index is 12.4. The topological polar surface area (TPSA) is 66.4 Å². The predicted molar refractivity (Wildman–Crippen MR) is 90.8 cm³/mol. The van der Waals surface area contributed by atoms with E-state index in [1.807, 2.05) is 11.4 Å². The van der Waals surface area contributed by atoms with Crippen LogP contribution in [0.25, 0.3) is 0 Å². The van der Waals surface area contributed by atoms with Gasteiger partial charge in [-0.2, -0.15) is 0 Å². The summed E-state index contributed by atoms with van der Waals surface area (Å²) < 4.78 is 29.0. The van der Waals surface area contributed by atoms with E-state index >= 15 is 0 Å². The van der Waals surface area contributed by atoms with Gasteiger partial charge in [-0.1, -0.05) is 15.9 Å². The van der Waals surface area contributed by atoms with E-state index in [2.05, 4.69) is 36.6 Å². The molecule has 0 bridgehead atoms. The molecule has 2 aromatic rings. The van der Waals surface area contributed by atoms with Crippen LogP contribution in [0.4, 0.5) is 0 Å². The second-order valence-corrected chi connectivity index (χ2v) is 8.92. The van der Waals surface area contributed by atoms with Gasteiger partial charge in [-0.25, -0.2) is 13.1 Å². The molecule has 8 heteroatoms. The maximum Gasteiger partial charge on any atom is 0.241 e. The van der Waals surface area contributed by atoms with Crippen molar-refractivity contribution in [1.82, 2.24) is 4.72 Å². The van der Waals surface area contributed by atoms with Gasteiger partial charge in [0.2, 0.25) is 10.0 Å². The molecule has 21 heavy (non-hydrogen) atoms. The highest BCUT2D eigenvalue weighted by Crippen LogP contribution is 2.26. The molecule has 2 rings (SSSR count). The number of aliphatic hydroxyl groups is 1. The Kier molecular flexibility index (Phi) is 5.61. The molecule has 0 atom stereocenters. The number of nitrogens with one attached hydrogen (secondary N) is 1. The van der Waals surface area contributed by atoms with Crippen LogP contribution in [0.3, 0.4) is 0 Å². The average molecular weight is 455 g/mol. The third kappa shape index (κ3) is 4.14. The fourth-order valence-electron chi connectivity index (χ4n) is 1.77. The normalized spacial score (nSPS) is 11.8. The first-order chi connectivity index (χ1) is 9.83. The third-order valence-electron chi connectivity index (χ3n) is 2.89. The lowest BCUT2D eigenvalue weighted by molar-refractivity contribution is 0.281. The van der Waals surface area contributed by atoms with Crippen molar-refractivity contribution in [3.63, 3.8) is 0 Å². The number of sulfonamides is 1. The summed E-state index contributed by atoms with van der Waals surface area (Å²) in [5.74, 6) is 0. The molecule has 0 aliphatic carbocycles. The van der Waals surface area contributed by atoms with E-state index in [-0.39, 0.29) is 18.0 Å². The first kappa shape index (κ1) is 17.1. The molecule has 0 aliphatic rings. The monoisotopic (exact) mass is 453 g/mol. The molecule has 0 radical (unpaired) electrons. The smallest absolute Gasteiger partial charge is 0.241 e. The lowest BCUT2D eigenvalue weighted by Crippen LogP contribution is -2.24. The molecule has 1 heterocycles. The molecule has 2 N–H and O–H groups in total. The van der Waals surface area contributed by atoms with Gasteiger partial charge in [0.15, 0.2) is 0 Å². The van der Waals surface area contributed by atoms with Crippen molar-refractivity contribution in [3.8, 4) is 0 Å². The zero-order valence-corrected chi connectivity index (χ0v) is 15.9. The number of rotatable bonds is 5. The number of hydrogen-bond donors (Lipinski definition) is 2. The predicted octanol–water partition coefficient (Wildman–Crippen LogP) is 3.55. The van der Waals surface area contributed by atoms with E-state index in [0.717, 1.165) is 9.35 Å². The van der Waals surface area contributed by atoms with Crippen LogP contribution < -0.4 is 4.72 Å². The Morgan fingerprint density at radius 1 is 1.29 bits per heavy atom. The van der Waals surface area contributed by atoms with Gasteiger partial charge in [0, 0.05) is 25.7 Å². The van der Waals surface area contributed by atoms with E-state index in [1.54, 1.807) is 13.0 Å². The van der Waals surface area contributed by atoms with Crippen LogP contribution in [0, 0.1) is 6.92 Å². The van der Waals surface area contributed by atoms with Crippen molar-refractivity contribution >= 4 is 53.2 Å². The van der Waals surface area contributed by atoms with E-state index in [1.165, 1.54) is 17.4 Å². The van der Waals surface area contributed by atoms with Gasteiger partial charge in [0.1, 0.15) is 0 Å². The molecule has 1 aromatic carbocycles. The number of benzene rings is 1. The molecule has 1 aromatic heterocycles. The van der Waals surface area contributed by atoms with Crippen LogP contribution >= 0.6 is 43.2 Å². The standard InChI is InChI=1S/C13H13Br2NO3S2/c1-8-12(15)2-9(6-17)3-13(8)21(18,19)16-5-11-4-10(14)7-20-11/h2-4,7,16-17H,5-6H2,1H3. The Morgan fingerprint density at radius 2 is 2.00 bits per heavy atom. The molecule has 114 valence electrons. The van der Waals surface area contributed by atoms with Crippen molar-refractivity contribution in [1.29, 1.82) is 0 Å². The summed E-state index contributed by atoms with van der Waals surface area (Å²) in [6.45, 7) is 1.75. The van der Waals surface area contributed by atoms with Gasteiger partial charge in [-0.15, -0.1) is 11.3 Å². The molecular formula is C13H13Br2NO3S2. The van der Waals surface area contributed by atoms with E-state index < -0.39 is 10.0 Å². The Labute approximate surface area is 144 Å². The van der Waals surface area contributed by atoms with Crippen LogP contribution in [-0.2, 0) is 23.2 Å². The van der Waals surface area contributed by atoms with Crippen molar-refractivity contribution in [2.75, 3.05) is 0 Å².